The van der Waals surface area contributed by atoms with E-state index in [2.05, 4.69) is 29.2 Å². The van der Waals surface area contributed by atoms with Crippen LogP contribution in [0.3, 0.4) is 0 Å². The van der Waals surface area contributed by atoms with Crippen molar-refractivity contribution in [1.82, 2.24) is 0 Å². The Kier molecular flexibility index (Phi) is 4.77. The number of aliphatic hydroxyl groups is 1. The average molecular weight is 333 g/mol. The zero-order valence-corrected chi connectivity index (χ0v) is 14.8. The fourth-order valence-electron chi connectivity index (χ4n) is 2.92. The maximum atomic E-state index is 10.7. The summed E-state index contributed by atoms with van der Waals surface area (Å²) in [4.78, 5) is 2.13. The normalized spacial score (nSPS) is 11.2. The Morgan fingerprint density at radius 1 is 0.800 bits per heavy atom. The summed E-state index contributed by atoms with van der Waals surface area (Å²) in [5.41, 5.74) is 2.79. The number of hydrogen-bond acceptors (Lipinski definition) is 3. The van der Waals surface area contributed by atoms with Gasteiger partial charge in [-0.05, 0) is 44.2 Å². The van der Waals surface area contributed by atoms with Gasteiger partial charge < -0.3 is 14.7 Å². The molecule has 0 aliphatic carbocycles. The molecule has 0 unspecified atom stereocenters. The molecule has 25 heavy (non-hydrogen) atoms. The first-order valence-corrected chi connectivity index (χ1v) is 8.32. The standard InChI is InChI=1S/C22H23NO2/c1-22(2,24)20-15-14-19(25-3)16-21(20)23(17-10-6-4-7-11-17)18-12-8-5-9-13-18/h4-16,24H,1-3H3. The number of methoxy groups -OCH3 is 1. The summed E-state index contributed by atoms with van der Waals surface area (Å²) in [5, 5.41) is 10.7. The van der Waals surface area contributed by atoms with Crippen LogP contribution < -0.4 is 9.64 Å². The highest BCUT2D eigenvalue weighted by atomic mass is 16.5. The van der Waals surface area contributed by atoms with Crippen molar-refractivity contribution in [3.05, 3.63) is 84.4 Å². The topological polar surface area (TPSA) is 32.7 Å². The summed E-state index contributed by atoms with van der Waals surface area (Å²) in [7, 11) is 1.65. The number of para-hydroxylation sites is 2. The lowest BCUT2D eigenvalue weighted by Crippen LogP contribution is -2.21. The molecule has 0 atom stereocenters. The van der Waals surface area contributed by atoms with E-state index in [1.54, 1.807) is 21.0 Å². The SMILES string of the molecule is COc1ccc(C(C)(C)O)c(N(c2ccccc2)c2ccccc2)c1. The van der Waals surface area contributed by atoms with Crippen molar-refractivity contribution in [2.45, 2.75) is 19.4 Å². The van der Waals surface area contributed by atoms with Crippen molar-refractivity contribution >= 4 is 17.1 Å². The highest BCUT2D eigenvalue weighted by molar-refractivity contribution is 5.79. The van der Waals surface area contributed by atoms with Gasteiger partial charge in [-0.15, -0.1) is 0 Å². The summed E-state index contributed by atoms with van der Waals surface area (Å²) in [5.74, 6) is 0.750. The number of hydrogen-bond donors (Lipinski definition) is 1. The molecule has 0 saturated carbocycles. The second kappa shape index (κ2) is 6.99. The van der Waals surface area contributed by atoms with Crippen LogP contribution in [0.1, 0.15) is 19.4 Å². The molecule has 0 radical (unpaired) electrons. The highest BCUT2D eigenvalue weighted by Gasteiger charge is 2.25. The van der Waals surface area contributed by atoms with E-state index in [0.717, 1.165) is 28.4 Å². The number of benzene rings is 3. The van der Waals surface area contributed by atoms with E-state index < -0.39 is 5.60 Å². The number of anilines is 3. The van der Waals surface area contributed by atoms with Crippen LogP contribution in [0.25, 0.3) is 0 Å². The Morgan fingerprint density at radius 3 is 1.76 bits per heavy atom. The number of ether oxygens (including phenoxy) is 1. The van der Waals surface area contributed by atoms with Crippen LogP contribution >= 0.6 is 0 Å². The Bertz CT molecular complexity index is 784. The molecule has 3 heteroatoms. The summed E-state index contributed by atoms with van der Waals surface area (Å²) < 4.78 is 5.44. The Labute approximate surface area is 149 Å². The Hall–Kier alpha value is -2.78. The Morgan fingerprint density at radius 2 is 1.32 bits per heavy atom. The van der Waals surface area contributed by atoms with Crippen LogP contribution in [0.5, 0.6) is 5.75 Å². The van der Waals surface area contributed by atoms with E-state index in [-0.39, 0.29) is 0 Å². The van der Waals surface area contributed by atoms with Crippen molar-refractivity contribution < 1.29 is 9.84 Å². The molecule has 0 aromatic heterocycles. The monoisotopic (exact) mass is 333 g/mol. The van der Waals surface area contributed by atoms with E-state index in [4.69, 9.17) is 4.74 Å². The van der Waals surface area contributed by atoms with Crippen molar-refractivity contribution in [3.8, 4) is 5.75 Å². The molecular weight excluding hydrogens is 310 g/mol. The van der Waals surface area contributed by atoms with Gasteiger partial charge in [-0.25, -0.2) is 0 Å². The lowest BCUT2D eigenvalue weighted by atomic mass is 9.95. The lowest BCUT2D eigenvalue weighted by Gasteiger charge is -2.31. The zero-order valence-electron chi connectivity index (χ0n) is 14.8. The quantitative estimate of drug-likeness (QED) is 0.679. The van der Waals surface area contributed by atoms with Gasteiger partial charge in [-0.3, -0.25) is 0 Å². The zero-order chi connectivity index (χ0) is 17.9. The molecule has 0 amide bonds. The van der Waals surface area contributed by atoms with Gasteiger partial charge in [0.05, 0.1) is 18.4 Å². The average Bonchev–Trinajstić information content (AvgIpc) is 2.63. The molecule has 128 valence electrons. The van der Waals surface area contributed by atoms with Gasteiger partial charge >= 0.3 is 0 Å². The predicted octanol–water partition coefficient (Wildman–Crippen LogP) is 5.39. The van der Waals surface area contributed by atoms with Gasteiger partial charge in [0, 0.05) is 23.0 Å². The fourth-order valence-corrected chi connectivity index (χ4v) is 2.92. The van der Waals surface area contributed by atoms with Gasteiger partial charge in [0.2, 0.25) is 0 Å². The molecule has 3 rings (SSSR count). The molecule has 1 N–H and O–H groups in total. The van der Waals surface area contributed by atoms with Crippen molar-refractivity contribution in [1.29, 1.82) is 0 Å². The smallest absolute Gasteiger partial charge is 0.120 e. The molecule has 3 aromatic rings. The molecule has 3 aromatic carbocycles. The van der Waals surface area contributed by atoms with Gasteiger partial charge in [-0.1, -0.05) is 42.5 Å². The third-order valence-electron chi connectivity index (χ3n) is 4.13. The van der Waals surface area contributed by atoms with E-state index >= 15 is 0 Å². The van der Waals surface area contributed by atoms with Crippen LogP contribution in [0, 0.1) is 0 Å². The molecule has 0 heterocycles. The summed E-state index contributed by atoms with van der Waals surface area (Å²) in [6, 6.07) is 26.0. The third kappa shape index (κ3) is 3.67. The first kappa shape index (κ1) is 17.1. The highest BCUT2D eigenvalue weighted by Crippen LogP contribution is 2.41. The first-order chi connectivity index (χ1) is 12.0. The molecule has 0 saturated heterocycles. The molecule has 0 fully saturated rings. The molecule has 3 nitrogen and oxygen atoms in total. The second-order valence-electron chi connectivity index (χ2n) is 6.45. The minimum absolute atomic E-state index is 0.750. The minimum atomic E-state index is -0.983. The number of nitrogens with zero attached hydrogens (tertiary/aromatic N) is 1. The molecule has 0 aliphatic heterocycles. The Balaban J connectivity index is 2.27. The predicted molar refractivity (Wildman–Crippen MR) is 103 cm³/mol. The first-order valence-electron chi connectivity index (χ1n) is 8.32. The van der Waals surface area contributed by atoms with Crippen LogP contribution in [0.15, 0.2) is 78.9 Å². The van der Waals surface area contributed by atoms with E-state index in [9.17, 15) is 5.11 Å². The van der Waals surface area contributed by atoms with Gasteiger partial charge in [0.25, 0.3) is 0 Å². The van der Waals surface area contributed by atoms with Crippen LogP contribution in [-0.4, -0.2) is 12.2 Å². The van der Waals surface area contributed by atoms with E-state index in [0.29, 0.717) is 0 Å². The summed E-state index contributed by atoms with van der Waals surface area (Å²) in [6.07, 6.45) is 0. The van der Waals surface area contributed by atoms with E-state index in [1.807, 2.05) is 54.6 Å². The minimum Gasteiger partial charge on any atom is -0.497 e. The molecule has 0 aliphatic rings. The van der Waals surface area contributed by atoms with Crippen molar-refractivity contribution in [2.24, 2.45) is 0 Å². The maximum absolute atomic E-state index is 10.7. The molecule has 0 bridgehead atoms. The van der Waals surface area contributed by atoms with Gasteiger partial charge in [0.1, 0.15) is 5.75 Å². The van der Waals surface area contributed by atoms with Gasteiger partial charge in [0.15, 0.2) is 0 Å². The largest absolute Gasteiger partial charge is 0.497 e. The number of rotatable bonds is 5. The summed E-state index contributed by atoms with van der Waals surface area (Å²) in [6.45, 7) is 3.60. The van der Waals surface area contributed by atoms with Crippen molar-refractivity contribution in [3.63, 3.8) is 0 Å². The van der Waals surface area contributed by atoms with Crippen LogP contribution in [-0.2, 0) is 5.60 Å². The summed E-state index contributed by atoms with van der Waals surface area (Å²) >= 11 is 0. The van der Waals surface area contributed by atoms with Gasteiger partial charge in [-0.2, -0.15) is 0 Å². The maximum Gasteiger partial charge on any atom is 0.120 e. The van der Waals surface area contributed by atoms with Crippen LogP contribution in [0.4, 0.5) is 17.1 Å². The van der Waals surface area contributed by atoms with E-state index in [1.165, 1.54) is 0 Å². The van der Waals surface area contributed by atoms with Crippen LogP contribution in [0.2, 0.25) is 0 Å². The van der Waals surface area contributed by atoms with Crippen molar-refractivity contribution in [2.75, 3.05) is 12.0 Å². The lowest BCUT2D eigenvalue weighted by molar-refractivity contribution is 0.0791. The third-order valence-corrected chi connectivity index (χ3v) is 4.13. The second-order valence-corrected chi connectivity index (χ2v) is 6.45. The molecular formula is C22H23NO2. The molecule has 0 spiro atoms. The fraction of sp³-hybridized carbons (Fsp3) is 0.182.